The molecule has 0 spiro atoms. The Labute approximate surface area is 150 Å². The molecular weight excluding hydrogens is 350 g/mol. The van der Waals surface area contributed by atoms with E-state index in [4.69, 9.17) is 11.6 Å². The second-order valence-electron chi connectivity index (χ2n) is 5.47. The van der Waals surface area contributed by atoms with Crippen molar-refractivity contribution in [2.75, 3.05) is 38.0 Å². The van der Waals surface area contributed by atoms with Gasteiger partial charge in [0.05, 0.1) is 5.52 Å². The first kappa shape index (κ1) is 19.3. The van der Waals surface area contributed by atoms with E-state index in [-0.39, 0.29) is 6.54 Å². The number of rotatable bonds is 9. The molecule has 2 rings (SSSR count). The van der Waals surface area contributed by atoms with Gasteiger partial charge in [-0.2, -0.15) is 8.78 Å². The van der Waals surface area contributed by atoms with Gasteiger partial charge in [-0.3, -0.25) is 9.78 Å². The number of hydrogen-bond acceptors (Lipinski definition) is 4. The number of hydrogen-bond donors (Lipinski definition) is 2. The van der Waals surface area contributed by atoms with Gasteiger partial charge in [0.15, 0.2) is 0 Å². The van der Waals surface area contributed by atoms with E-state index in [0.29, 0.717) is 18.1 Å². The molecule has 0 radical (unpaired) electrons. The molecule has 1 aromatic carbocycles. The van der Waals surface area contributed by atoms with Crippen LogP contribution in [0.2, 0.25) is 5.02 Å². The van der Waals surface area contributed by atoms with Crippen LogP contribution in [0.1, 0.15) is 6.92 Å². The van der Waals surface area contributed by atoms with Crippen LogP contribution in [0.15, 0.2) is 30.5 Å². The number of nitrogens with one attached hydrogen (secondary N) is 2. The van der Waals surface area contributed by atoms with E-state index in [1.807, 2.05) is 31.2 Å². The van der Waals surface area contributed by atoms with Gasteiger partial charge in [0.1, 0.15) is 0 Å². The molecule has 2 aromatic rings. The second kappa shape index (κ2) is 9.48. The van der Waals surface area contributed by atoms with Crippen molar-refractivity contribution < 1.29 is 13.6 Å². The van der Waals surface area contributed by atoms with Crippen LogP contribution < -0.4 is 10.6 Å². The van der Waals surface area contributed by atoms with Crippen molar-refractivity contribution in [3.63, 3.8) is 0 Å². The zero-order chi connectivity index (χ0) is 18.2. The van der Waals surface area contributed by atoms with Gasteiger partial charge < -0.3 is 15.5 Å². The molecule has 8 heteroatoms. The lowest BCUT2D eigenvalue weighted by molar-refractivity contribution is -0.131. The molecule has 0 fully saturated rings. The predicted molar refractivity (Wildman–Crippen MR) is 96.4 cm³/mol. The first-order valence-corrected chi connectivity index (χ1v) is 8.45. The Morgan fingerprint density at radius 3 is 2.76 bits per heavy atom. The molecule has 0 aliphatic carbocycles. The minimum absolute atomic E-state index is 0.202. The summed E-state index contributed by atoms with van der Waals surface area (Å²) in [6.07, 6.45) is -1.25. The van der Waals surface area contributed by atoms with Crippen molar-refractivity contribution in [1.29, 1.82) is 0 Å². The van der Waals surface area contributed by atoms with Crippen molar-refractivity contribution in [2.45, 2.75) is 13.3 Å². The summed E-state index contributed by atoms with van der Waals surface area (Å²) in [5.41, 5.74) is 1.78. The summed E-state index contributed by atoms with van der Waals surface area (Å²) in [6, 6.07) is 7.45. The smallest absolute Gasteiger partial charge is 0.315 e. The lowest BCUT2D eigenvalue weighted by atomic mass is 10.2. The third-order valence-electron chi connectivity index (χ3n) is 3.82. The maximum Gasteiger partial charge on any atom is 0.315 e. The van der Waals surface area contributed by atoms with Gasteiger partial charge in [-0.15, -0.1) is 0 Å². The fourth-order valence-corrected chi connectivity index (χ4v) is 2.63. The van der Waals surface area contributed by atoms with Gasteiger partial charge in [-0.25, -0.2) is 0 Å². The van der Waals surface area contributed by atoms with Crippen LogP contribution in [0.3, 0.4) is 0 Å². The Morgan fingerprint density at radius 2 is 2.04 bits per heavy atom. The average Bonchev–Trinajstić information content (AvgIpc) is 2.59. The Kier molecular flexibility index (Phi) is 7.33. The zero-order valence-electron chi connectivity index (χ0n) is 13.9. The molecule has 0 bridgehead atoms. The number of anilines is 1. The fraction of sp³-hybridized carbons (Fsp3) is 0.412. The van der Waals surface area contributed by atoms with Crippen molar-refractivity contribution in [3.05, 3.63) is 35.5 Å². The molecule has 1 aromatic heterocycles. The standard InChI is InChI=1S/C17H21ClF2N4O/c1-2-24(10-8-23-17(25)16(19)20)9-7-22-14-5-6-21-15-11-12(18)3-4-13(14)15/h3-6,11,16H,2,7-10H2,1H3,(H,21,22)(H,23,25). The molecule has 1 heterocycles. The van der Waals surface area contributed by atoms with Crippen LogP contribution in [0.5, 0.6) is 0 Å². The van der Waals surface area contributed by atoms with Crippen LogP contribution in [-0.2, 0) is 4.79 Å². The normalized spacial score (nSPS) is 11.3. The van der Waals surface area contributed by atoms with Gasteiger partial charge in [-0.1, -0.05) is 18.5 Å². The third-order valence-corrected chi connectivity index (χ3v) is 4.06. The van der Waals surface area contributed by atoms with Gasteiger partial charge in [0.2, 0.25) is 0 Å². The summed E-state index contributed by atoms with van der Waals surface area (Å²) in [7, 11) is 0. The monoisotopic (exact) mass is 370 g/mol. The second-order valence-corrected chi connectivity index (χ2v) is 5.91. The molecule has 0 unspecified atom stereocenters. The molecule has 0 saturated carbocycles. The quantitative estimate of drug-likeness (QED) is 0.712. The van der Waals surface area contributed by atoms with Gasteiger partial charge in [-0.05, 0) is 30.8 Å². The summed E-state index contributed by atoms with van der Waals surface area (Å²) in [5, 5.41) is 7.19. The summed E-state index contributed by atoms with van der Waals surface area (Å²) < 4.78 is 24.3. The first-order valence-electron chi connectivity index (χ1n) is 8.07. The number of amides is 1. The molecule has 0 aliphatic heterocycles. The van der Waals surface area contributed by atoms with Crippen LogP contribution in [-0.4, -0.2) is 54.9 Å². The van der Waals surface area contributed by atoms with Crippen molar-refractivity contribution >= 4 is 34.1 Å². The van der Waals surface area contributed by atoms with Gasteiger partial charge in [0.25, 0.3) is 5.91 Å². The number of likely N-dealkylation sites (N-methyl/N-ethyl adjacent to an activating group) is 1. The highest BCUT2D eigenvalue weighted by Crippen LogP contribution is 2.24. The van der Waals surface area contributed by atoms with E-state index in [1.165, 1.54) is 0 Å². The highest BCUT2D eigenvalue weighted by Gasteiger charge is 2.14. The molecule has 2 N–H and O–H groups in total. The Morgan fingerprint density at radius 1 is 1.28 bits per heavy atom. The molecule has 5 nitrogen and oxygen atoms in total. The topological polar surface area (TPSA) is 57.3 Å². The van der Waals surface area contributed by atoms with Crippen LogP contribution in [0, 0.1) is 0 Å². The summed E-state index contributed by atoms with van der Waals surface area (Å²) >= 11 is 5.98. The van der Waals surface area contributed by atoms with Crippen LogP contribution in [0.25, 0.3) is 10.9 Å². The maximum absolute atomic E-state index is 12.1. The molecule has 25 heavy (non-hydrogen) atoms. The minimum Gasteiger partial charge on any atom is -0.383 e. The summed E-state index contributed by atoms with van der Waals surface area (Å²) in [5.74, 6) is -1.23. The van der Waals surface area contributed by atoms with Gasteiger partial charge >= 0.3 is 6.43 Å². The number of alkyl halides is 2. The highest BCUT2D eigenvalue weighted by molar-refractivity contribution is 6.31. The molecule has 1 amide bonds. The van der Waals surface area contributed by atoms with Crippen molar-refractivity contribution in [2.24, 2.45) is 0 Å². The number of carbonyl (C=O) groups excluding carboxylic acids is 1. The Hall–Kier alpha value is -1.99. The largest absolute Gasteiger partial charge is 0.383 e. The first-order chi connectivity index (χ1) is 12.0. The van der Waals surface area contributed by atoms with Crippen LogP contribution >= 0.6 is 11.6 Å². The van der Waals surface area contributed by atoms with E-state index >= 15 is 0 Å². The van der Waals surface area contributed by atoms with Crippen molar-refractivity contribution in [1.82, 2.24) is 15.2 Å². The van der Waals surface area contributed by atoms with E-state index in [2.05, 4.69) is 20.5 Å². The molecular formula is C17H21ClF2N4O. The lowest BCUT2D eigenvalue weighted by Crippen LogP contribution is -2.39. The number of nitrogens with zero attached hydrogens (tertiary/aromatic N) is 2. The number of benzene rings is 1. The number of pyridine rings is 1. The molecule has 0 atom stereocenters. The maximum atomic E-state index is 12.1. The minimum atomic E-state index is -2.97. The number of halogens is 3. The number of fused-ring (bicyclic) bond motifs is 1. The van der Waals surface area contributed by atoms with E-state index in [0.717, 1.165) is 29.7 Å². The van der Waals surface area contributed by atoms with E-state index < -0.39 is 12.3 Å². The predicted octanol–water partition coefficient (Wildman–Crippen LogP) is 3.00. The third kappa shape index (κ3) is 5.79. The Bertz CT molecular complexity index is 714. The lowest BCUT2D eigenvalue weighted by Gasteiger charge is -2.21. The number of carbonyl (C=O) groups is 1. The molecule has 0 aliphatic rings. The summed E-state index contributed by atoms with van der Waals surface area (Å²) in [4.78, 5) is 17.2. The fourth-order valence-electron chi connectivity index (χ4n) is 2.47. The molecule has 0 saturated heterocycles. The highest BCUT2D eigenvalue weighted by atomic mass is 35.5. The van der Waals surface area contributed by atoms with E-state index in [1.54, 1.807) is 6.20 Å². The SMILES string of the molecule is CCN(CCNC(=O)C(F)F)CCNc1ccnc2cc(Cl)ccc12. The molecule has 136 valence electrons. The van der Waals surface area contributed by atoms with Crippen molar-refractivity contribution in [3.8, 4) is 0 Å². The summed E-state index contributed by atoms with van der Waals surface area (Å²) in [6.45, 7) is 4.87. The average molecular weight is 371 g/mol. The zero-order valence-corrected chi connectivity index (χ0v) is 14.7. The van der Waals surface area contributed by atoms with Crippen LogP contribution in [0.4, 0.5) is 14.5 Å². The van der Waals surface area contributed by atoms with Gasteiger partial charge in [0, 0.05) is 48.5 Å². The number of aromatic nitrogens is 1. The Balaban J connectivity index is 1.83. The van der Waals surface area contributed by atoms with E-state index in [9.17, 15) is 13.6 Å².